The lowest BCUT2D eigenvalue weighted by Gasteiger charge is -2.54. The van der Waals surface area contributed by atoms with Crippen LogP contribution in [0.1, 0.15) is 40.0 Å². The summed E-state index contributed by atoms with van der Waals surface area (Å²) in [5.74, 6) is -0.403. The number of esters is 1. The molecule has 1 amide bonds. The van der Waals surface area contributed by atoms with Crippen molar-refractivity contribution in [3.63, 3.8) is 0 Å². The van der Waals surface area contributed by atoms with Crippen molar-refractivity contribution in [1.82, 2.24) is 4.90 Å². The number of hydrogen-bond acceptors (Lipinski definition) is 4. The van der Waals surface area contributed by atoms with Gasteiger partial charge in [-0.3, -0.25) is 4.79 Å². The minimum atomic E-state index is -0.498. The van der Waals surface area contributed by atoms with Crippen LogP contribution in [0.2, 0.25) is 0 Å². The van der Waals surface area contributed by atoms with Gasteiger partial charge in [0.05, 0.1) is 19.1 Å². The van der Waals surface area contributed by atoms with E-state index in [1.807, 2.05) is 20.8 Å². The largest absolute Gasteiger partial charge is 0.469 e. The van der Waals surface area contributed by atoms with Crippen LogP contribution in [0.3, 0.4) is 0 Å². The van der Waals surface area contributed by atoms with Crippen molar-refractivity contribution in [1.29, 1.82) is 0 Å². The molecular weight excluding hydrogens is 234 g/mol. The number of hydrogen-bond donors (Lipinski definition) is 0. The van der Waals surface area contributed by atoms with Crippen molar-refractivity contribution >= 4 is 12.1 Å². The van der Waals surface area contributed by atoms with Gasteiger partial charge in [0.25, 0.3) is 0 Å². The smallest absolute Gasteiger partial charge is 0.410 e. The predicted molar refractivity (Wildman–Crippen MR) is 65.0 cm³/mol. The van der Waals surface area contributed by atoms with E-state index in [2.05, 4.69) is 0 Å². The Hall–Kier alpha value is -1.26. The summed E-state index contributed by atoms with van der Waals surface area (Å²) in [6, 6.07) is 0.205. The predicted octanol–water partition coefficient (Wildman–Crippen LogP) is 1.95. The maximum Gasteiger partial charge on any atom is 0.410 e. The number of ether oxygens (including phenoxy) is 2. The average Bonchev–Trinajstić information content (AvgIpc) is 2.25. The molecule has 3 fully saturated rings. The Morgan fingerprint density at radius 2 is 1.89 bits per heavy atom. The topological polar surface area (TPSA) is 55.8 Å². The summed E-state index contributed by atoms with van der Waals surface area (Å²) in [5.41, 5.74) is -0.498. The zero-order valence-electron chi connectivity index (χ0n) is 11.4. The number of piperidine rings is 1. The van der Waals surface area contributed by atoms with Crippen molar-refractivity contribution in [3.8, 4) is 0 Å². The minimum Gasteiger partial charge on any atom is -0.469 e. The summed E-state index contributed by atoms with van der Waals surface area (Å²) in [4.78, 5) is 25.4. The Morgan fingerprint density at radius 1 is 1.22 bits per heavy atom. The number of nitrogens with zero attached hydrogens (tertiary/aromatic N) is 1. The van der Waals surface area contributed by atoms with Crippen LogP contribution in [0.25, 0.3) is 0 Å². The Morgan fingerprint density at radius 3 is 2.39 bits per heavy atom. The number of amides is 1. The molecule has 5 heteroatoms. The molecule has 2 aliphatic heterocycles. The van der Waals surface area contributed by atoms with Crippen molar-refractivity contribution in [2.75, 3.05) is 7.11 Å². The van der Waals surface area contributed by atoms with E-state index in [0.29, 0.717) is 0 Å². The summed E-state index contributed by atoms with van der Waals surface area (Å²) in [5, 5.41) is 0. The van der Waals surface area contributed by atoms with Crippen molar-refractivity contribution in [2.24, 2.45) is 5.92 Å². The summed E-state index contributed by atoms with van der Waals surface area (Å²) in [6.45, 7) is 5.54. The highest BCUT2D eigenvalue weighted by atomic mass is 16.6. The van der Waals surface area contributed by atoms with Gasteiger partial charge in [-0.25, -0.2) is 4.79 Å². The van der Waals surface area contributed by atoms with Gasteiger partial charge in [-0.1, -0.05) is 0 Å². The molecule has 2 bridgehead atoms. The number of fused-ring (bicyclic) bond motifs is 2. The van der Waals surface area contributed by atoms with Crippen LogP contribution in [0.5, 0.6) is 0 Å². The molecule has 0 aromatic carbocycles. The third-order valence-electron chi connectivity index (χ3n) is 3.65. The molecule has 0 aromatic heterocycles. The normalized spacial score (nSPS) is 30.4. The molecule has 2 heterocycles. The van der Waals surface area contributed by atoms with Crippen LogP contribution < -0.4 is 0 Å². The molecule has 1 aliphatic carbocycles. The van der Waals surface area contributed by atoms with Gasteiger partial charge in [0.1, 0.15) is 5.60 Å². The summed E-state index contributed by atoms with van der Waals surface area (Å²) < 4.78 is 10.2. The van der Waals surface area contributed by atoms with Gasteiger partial charge in [0.2, 0.25) is 0 Å². The SMILES string of the molecule is COC(=O)[C@@H]1CC[C@@H]2C[C@H]1N2C(=O)OC(C)(C)C. The molecule has 3 rings (SSSR count). The first kappa shape index (κ1) is 13.2. The second-order valence-corrected chi connectivity index (χ2v) is 6.05. The van der Waals surface area contributed by atoms with Crippen LogP contribution in [-0.4, -0.2) is 41.8 Å². The summed E-state index contributed by atoms with van der Waals surface area (Å²) >= 11 is 0. The lowest BCUT2D eigenvalue weighted by Crippen LogP contribution is -2.66. The lowest BCUT2D eigenvalue weighted by molar-refractivity contribution is -0.157. The average molecular weight is 255 g/mol. The van der Waals surface area contributed by atoms with Crippen LogP contribution in [-0.2, 0) is 14.3 Å². The van der Waals surface area contributed by atoms with Crippen LogP contribution in [0, 0.1) is 5.92 Å². The Kier molecular flexibility index (Phi) is 3.25. The maximum atomic E-state index is 12.1. The van der Waals surface area contributed by atoms with E-state index in [9.17, 15) is 9.59 Å². The highest BCUT2D eigenvalue weighted by Gasteiger charge is 2.53. The van der Waals surface area contributed by atoms with Gasteiger partial charge in [-0.15, -0.1) is 0 Å². The van der Waals surface area contributed by atoms with E-state index in [1.54, 1.807) is 4.90 Å². The second-order valence-electron chi connectivity index (χ2n) is 6.05. The Balaban J connectivity index is 2.03. The molecule has 3 aliphatic rings. The molecule has 18 heavy (non-hydrogen) atoms. The Bertz CT molecular complexity index is 358. The van der Waals surface area contributed by atoms with E-state index in [4.69, 9.17) is 9.47 Å². The van der Waals surface area contributed by atoms with Crippen LogP contribution in [0.15, 0.2) is 0 Å². The van der Waals surface area contributed by atoms with Gasteiger partial charge < -0.3 is 14.4 Å². The number of methoxy groups -OCH3 is 1. The highest BCUT2D eigenvalue weighted by molar-refractivity contribution is 5.77. The van der Waals surface area contributed by atoms with E-state index in [1.165, 1.54) is 7.11 Å². The first-order valence-electron chi connectivity index (χ1n) is 6.42. The summed E-state index contributed by atoms with van der Waals surface area (Å²) in [7, 11) is 1.39. The lowest BCUT2D eigenvalue weighted by atomic mass is 9.73. The number of rotatable bonds is 1. The quantitative estimate of drug-likeness (QED) is 0.672. The maximum absolute atomic E-state index is 12.1. The fourth-order valence-electron chi connectivity index (χ4n) is 2.84. The molecule has 5 nitrogen and oxygen atoms in total. The van der Waals surface area contributed by atoms with Gasteiger partial charge >= 0.3 is 12.1 Å². The highest BCUT2D eigenvalue weighted by Crippen LogP contribution is 2.43. The molecule has 0 N–H and O–H groups in total. The van der Waals surface area contributed by atoms with Gasteiger partial charge in [0.15, 0.2) is 0 Å². The van der Waals surface area contributed by atoms with Gasteiger partial charge in [-0.2, -0.15) is 0 Å². The van der Waals surface area contributed by atoms with Crippen molar-refractivity contribution < 1.29 is 19.1 Å². The molecule has 3 atom stereocenters. The molecule has 1 saturated carbocycles. The third-order valence-corrected chi connectivity index (χ3v) is 3.65. The number of carbonyl (C=O) groups is 2. The van der Waals surface area contributed by atoms with Crippen LogP contribution in [0.4, 0.5) is 4.79 Å². The van der Waals surface area contributed by atoms with E-state index < -0.39 is 5.60 Å². The molecule has 0 aromatic rings. The minimum absolute atomic E-state index is 0.0361. The first-order valence-corrected chi connectivity index (χ1v) is 6.42. The van der Waals surface area contributed by atoms with Crippen molar-refractivity contribution in [3.05, 3.63) is 0 Å². The van der Waals surface area contributed by atoms with E-state index in [0.717, 1.165) is 19.3 Å². The third kappa shape index (κ3) is 2.31. The number of carbonyl (C=O) groups excluding carboxylic acids is 2. The standard InChI is InChI=1S/C13H21NO4/c1-13(2,3)18-12(16)14-8-5-6-9(10(14)7-8)11(15)17-4/h8-10H,5-7H2,1-4H3/t8-,9-,10-/m1/s1. The molecule has 0 unspecified atom stereocenters. The fraction of sp³-hybridized carbons (Fsp3) is 0.846. The zero-order valence-corrected chi connectivity index (χ0v) is 11.4. The summed E-state index contributed by atoms with van der Waals surface area (Å²) in [6.07, 6.45) is 2.24. The molecule has 2 saturated heterocycles. The van der Waals surface area contributed by atoms with E-state index >= 15 is 0 Å². The van der Waals surface area contributed by atoms with Gasteiger partial charge in [0, 0.05) is 6.04 Å². The first-order chi connectivity index (χ1) is 8.33. The van der Waals surface area contributed by atoms with E-state index in [-0.39, 0.29) is 30.1 Å². The second kappa shape index (κ2) is 4.44. The fourth-order valence-corrected chi connectivity index (χ4v) is 2.84. The molecule has 102 valence electrons. The van der Waals surface area contributed by atoms with Gasteiger partial charge in [-0.05, 0) is 40.0 Å². The zero-order chi connectivity index (χ0) is 13.5. The Labute approximate surface area is 107 Å². The monoisotopic (exact) mass is 255 g/mol. The molecular formula is C13H21NO4. The van der Waals surface area contributed by atoms with Crippen LogP contribution >= 0.6 is 0 Å². The molecule has 0 spiro atoms. The van der Waals surface area contributed by atoms with Crippen molar-refractivity contribution in [2.45, 2.75) is 57.7 Å². The molecule has 0 radical (unpaired) electrons.